The number of hydrogen-bond acceptors (Lipinski definition) is 7. The van der Waals surface area contributed by atoms with Crippen LogP contribution in [0, 0.1) is 6.92 Å². The zero-order chi connectivity index (χ0) is 22.2. The summed E-state index contributed by atoms with van der Waals surface area (Å²) in [5.41, 5.74) is 1.35. The number of hydrogen-bond donors (Lipinski definition) is 2. The second-order valence-electron chi connectivity index (χ2n) is 7.06. The van der Waals surface area contributed by atoms with Crippen LogP contribution in [0.5, 0.6) is 5.75 Å². The maximum absolute atomic E-state index is 12.6. The van der Waals surface area contributed by atoms with Gasteiger partial charge in [0.2, 0.25) is 11.9 Å². The van der Waals surface area contributed by atoms with E-state index in [0.29, 0.717) is 73.2 Å². The van der Waals surface area contributed by atoms with Crippen LogP contribution in [0.25, 0.3) is 0 Å². The highest BCUT2D eigenvalue weighted by molar-refractivity contribution is 6.32. The summed E-state index contributed by atoms with van der Waals surface area (Å²) in [5, 5.41) is 3.20. The molecule has 2 N–H and O–H groups in total. The third-order valence-electron chi connectivity index (χ3n) is 4.90. The molecule has 1 amide bonds. The number of H-pyrrole nitrogens is 1. The van der Waals surface area contributed by atoms with Gasteiger partial charge in [-0.3, -0.25) is 14.6 Å². The zero-order valence-corrected chi connectivity index (χ0v) is 18.5. The van der Waals surface area contributed by atoms with E-state index in [1.54, 1.807) is 32.2 Å². The van der Waals surface area contributed by atoms with Crippen molar-refractivity contribution < 1.29 is 19.0 Å². The Morgan fingerprint density at radius 1 is 1.32 bits per heavy atom. The zero-order valence-electron chi connectivity index (χ0n) is 17.7. The predicted octanol–water partition coefficient (Wildman–Crippen LogP) is 2.16. The normalized spacial score (nSPS) is 13.8. The van der Waals surface area contributed by atoms with Gasteiger partial charge < -0.3 is 24.4 Å². The standard InChI is InChI=1S/C21H27ClN4O5/c1-14-15(20(28)25-21(23-14)26-8-10-30-11-9-26)6-7-18(27)24-17-5-3-4-16(22)19(17)31-13-12-29-2/h3-5H,6-13H2,1-2H3,(H,24,27)(H,23,25,28). The van der Waals surface area contributed by atoms with E-state index in [1.807, 2.05) is 4.90 Å². The summed E-state index contributed by atoms with van der Waals surface area (Å²) < 4.78 is 15.9. The number of para-hydroxylation sites is 1. The van der Waals surface area contributed by atoms with Gasteiger partial charge in [0, 0.05) is 37.9 Å². The molecule has 10 heteroatoms. The first kappa shape index (κ1) is 23.1. The van der Waals surface area contributed by atoms with Crippen LogP contribution in [-0.2, 0) is 20.7 Å². The van der Waals surface area contributed by atoms with Crippen LogP contribution in [0.3, 0.4) is 0 Å². The molecular weight excluding hydrogens is 424 g/mol. The number of benzene rings is 1. The van der Waals surface area contributed by atoms with Gasteiger partial charge in [0.05, 0.1) is 30.5 Å². The van der Waals surface area contributed by atoms with Crippen LogP contribution in [0.15, 0.2) is 23.0 Å². The van der Waals surface area contributed by atoms with Crippen molar-refractivity contribution in [1.82, 2.24) is 9.97 Å². The summed E-state index contributed by atoms with van der Waals surface area (Å²) in [6, 6.07) is 5.12. The molecular formula is C21H27ClN4O5. The lowest BCUT2D eigenvalue weighted by atomic mass is 10.1. The molecule has 0 saturated carbocycles. The maximum atomic E-state index is 12.6. The summed E-state index contributed by atoms with van der Waals surface area (Å²) >= 11 is 6.20. The van der Waals surface area contributed by atoms with E-state index in [2.05, 4.69) is 15.3 Å². The number of nitrogens with zero attached hydrogens (tertiary/aromatic N) is 2. The molecule has 2 aromatic rings. The van der Waals surface area contributed by atoms with Crippen molar-refractivity contribution in [3.63, 3.8) is 0 Å². The largest absolute Gasteiger partial charge is 0.487 e. The fraction of sp³-hybridized carbons (Fsp3) is 0.476. The first-order chi connectivity index (χ1) is 15.0. The highest BCUT2D eigenvalue weighted by Gasteiger charge is 2.17. The lowest BCUT2D eigenvalue weighted by molar-refractivity contribution is -0.116. The molecule has 1 aliphatic rings. The van der Waals surface area contributed by atoms with Gasteiger partial charge in [-0.05, 0) is 25.5 Å². The SMILES string of the molecule is COCCOc1c(Cl)cccc1NC(=O)CCc1c(C)nc(N2CCOCC2)[nH]c1=O. The van der Waals surface area contributed by atoms with E-state index in [1.165, 1.54) is 0 Å². The molecule has 1 saturated heterocycles. The number of nitrogens with one attached hydrogen (secondary N) is 2. The molecule has 1 aliphatic heterocycles. The fourth-order valence-corrected chi connectivity index (χ4v) is 3.48. The van der Waals surface area contributed by atoms with E-state index >= 15 is 0 Å². The minimum absolute atomic E-state index is 0.118. The number of carbonyl (C=O) groups excluding carboxylic acids is 1. The molecule has 1 aromatic carbocycles. The summed E-state index contributed by atoms with van der Waals surface area (Å²) in [5.74, 6) is 0.672. The monoisotopic (exact) mass is 450 g/mol. The van der Waals surface area contributed by atoms with Crippen molar-refractivity contribution in [1.29, 1.82) is 0 Å². The van der Waals surface area contributed by atoms with Crippen LogP contribution in [0.2, 0.25) is 5.02 Å². The average molecular weight is 451 g/mol. The number of aryl methyl sites for hydroxylation is 1. The minimum Gasteiger partial charge on any atom is -0.487 e. The molecule has 0 radical (unpaired) electrons. The average Bonchev–Trinajstić information content (AvgIpc) is 2.75. The Bertz CT molecular complexity index is 959. The van der Waals surface area contributed by atoms with Crippen LogP contribution < -0.4 is 20.5 Å². The molecule has 168 valence electrons. The molecule has 0 unspecified atom stereocenters. The summed E-state index contributed by atoms with van der Waals surface area (Å²) in [7, 11) is 1.57. The molecule has 1 fully saturated rings. The van der Waals surface area contributed by atoms with Crippen molar-refractivity contribution in [2.24, 2.45) is 0 Å². The third-order valence-corrected chi connectivity index (χ3v) is 5.20. The first-order valence-corrected chi connectivity index (χ1v) is 10.5. The second-order valence-corrected chi connectivity index (χ2v) is 7.47. The Kier molecular flexibility index (Phi) is 8.27. The number of halogens is 1. The molecule has 0 atom stereocenters. The molecule has 31 heavy (non-hydrogen) atoms. The topological polar surface area (TPSA) is 106 Å². The minimum atomic E-state index is -0.255. The van der Waals surface area contributed by atoms with Gasteiger partial charge in [-0.2, -0.15) is 0 Å². The van der Waals surface area contributed by atoms with Crippen LogP contribution in [-0.4, -0.2) is 62.5 Å². The van der Waals surface area contributed by atoms with E-state index < -0.39 is 0 Å². The summed E-state index contributed by atoms with van der Waals surface area (Å²) in [6.07, 6.45) is 0.385. The fourth-order valence-electron chi connectivity index (χ4n) is 3.25. The Morgan fingerprint density at radius 2 is 2.10 bits per heavy atom. The van der Waals surface area contributed by atoms with Gasteiger partial charge in [-0.25, -0.2) is 4.98 Å². The lowest BCUT2D eigenvalue weighted by Crippen LogP contribution is -2.38. The molecule has 0 bridgehead atoms. The van der Waals surface area contributed by atoms with E-state index in [4.69, 9.17) is 25.8 Å². The van der Waals surface area contributed by atoms with Crippen molar-refractivity contribution in [3.8, 4) is 5.75 Å². The Morgan fingerprint density at radius 3 is 2.81 bits per heavy atom. The number of morpholine rings is 1. The van der Waals surface area contributed by atoms with Crippen LogP contribution in [0.1, 0.15) is 17.7 Å². The van der Waals surface area contributed by atoms with E-state index in [0.717, 1.165) is 0 Å². The van der Waals surface area contributed by atoms with Gasteiger partial charge in [0.25, 0.3) is 5.56 Å². The number of rotatable bonds is 9. The van der Waals surface area contributed by atoms with Gasteiger partial charge in [-0.1, -0.05) is 17.7 Å². The highest BCUT2D eigenvalue weighted by Crippen LogP contribution is 2.33. The molecule has 3 rings (SSSR count). The quantitative estimate of drug-likeness (QED) is 0.564. The van der Waals surface area contributed by atoms with E-state index in [9.17, 15) is 9.59 Å². The molecule has 1 aromatic heterocycles. The Hall–Kier alpha value is -2.62. The van der Waals surface area contributed by atoms with Gasteiger partial charge in [-0.15, -0.1) is 0 Å². The molecule has 2 heterocycles. The third kappa shape index (κ3) is 6.19. The number of carbonyl (C=O) groups is 1. The smallest absolute Gasteiger partial charge is 0.255 e. The number of anilines is 2. The number of aromatic amines is 1. The predicted molar refractivity (Wildman–Crippen MR) is 118 cm³/mol. The maximum Gasteiger partial charge on any atom is 0.255 e. The number of methoxy groups -OCH3 is 1. The van der Waals surface area contributed by atoms with Crippen molar-refractivity contribution in [2.45, 2.75) is 19.8 Å². The van der Waals surface area contributed by atoms with Crippen molar-refractivity contribution in [2.75, 3.05) is 56.8 Å². The number of aromatic nitrogens is 2. The molecule has 0 spiro atoms. The molecule has 0 aliphatic carbocycles. The lowest BCUT2D eigenvalue weighted by Gasteiger charge is -2.27. The van der Waals surface area contributed by atoms with Gasteiger partial charge in [0.1, 0.15) is 6.61 Å². The number of amides is 1. The Labute approximate surface area is 185 Å². The first-order valence-electron chi connectivity index (χ1n) is 10.1. The van der Waals surface area contributed by atoms with Crippen molar-refractivity contribution >= 4 is 29.1 Å². The highest BCUT2D eigenvalue weighted by atomic mass is 35.5. The second kappa shape index (κ2) is 11.1. The van der Waals surface area contributed by atoms with Gasteiger partial charge >= 0.3 is 0 Å². The summed E-state index contributed by atoms with van der Waals surface area (Å²) in [4.78, 5) is 34.4. The van der Waals surface area contributed by atoms with Crippen LogP contribution >= 0.6 is 11.6 Å². The molecule has 9 nitrogen and oxygen atoms in total. The van der Waals surface area contributed by atoms with Crippen LogP contribution in [0.4, 0.5) is 11.6 Å². The summed E-state index contributed by atoms with van der Waals surface area (Å²) in [6.45, 7) is 5.05. The Balaban J connectivity index is 1.63. The van der Waals surface area contributed by atoms with Gasteiger partial charge in [0.15, 0.2) is 5.75 Å². The van der Waals surface area contributed by atoms with E-state index in [-0.39, 0.29) is 24.3 Å². The number of ether oxygens (including phenoxy) is 3. The van der Waals surface area contributed by atoms with Crippen molar-refractivity contribution in [3.05, 3.63) is 44.8 Å².